The summed E-state index contributed by atoms with van der Waals surface area (Å²) in [6.45, 7) is 0.621. The van der Waals surface area contributed by atoms with Gasteiger partial charge >= 0.3 is 5.97 Å². The predicted molar refractivity (Wildman–Crippen MR) is 108 cm³/mol. The minimum atomic E-state index is -4.13. The number of carbonyl (C=O) groups is 2. The number of nitrogens with one attached hydrogen (secondary N) is 1. The van der Waals surface area contributed by atoms with Crippen molar-refractivity contribution in [2.75, 3.05) is 32.1 Å². The van der Waals surface area contributed by atoms with E-state index in [1.807, 2.05) is 5.32 Å². The van der Waals surface area contributed by atoms with Crippen molar-refractivity contribution in [3.8, 4) is 5.75 Å². The number of hydrogen-bond acceptors (Lipinski definition) is 6. The zero-order valence-electron chi connectivity index (χ0n) is 17.2. The van der Waals surface area contributed by atoms with Gasteiger partial charge in [0.2, 0.25) is 15.9 Å². The van der Waals surface area contributed by atoms with Crippen molar-refractivity contribution < 1.29 is 40.7 Å². The number of anilines is 1. The lowest BCUT2D eigenvalue weighted by Gasteiger charge is -2.21. The number of hydrogen-bond donors (Lipinski definition) is 1. The molecule has 0 aliphatic carbocycles. The van der Waals surface area contributed by atoms with Crippen LogP contribution < -0.4 is 10.1 Å². The number of amides is 1. The lowest BCUT2D eigenvalue weighted by Crippen LogP contribution is -2.38. The maximum Gasteiger partial charge on any atom is 0.343 e. The standard InChI is InChI=1S/C20H21F3N2O6S/c1-3-10-25(11-17(26)24-16-9-8-15(21)19(22)20(16)23)32(28,29)14-6-4-13(5-7-14)31-12-18(27)30-2/h4-9H,3,10-12H2,1-2H3,(H,24,26). The van der Waals surface area contributed by atoms with Crippen LogP contribution in [0, 0.1) is 17.5 Å². The van der Waals surface area contributed by atoms with E-state index in [0.717, 1.165) is 10.4 Å². The van der Waals surface area contributed by atoms with Gasteiger partial charge in [-0.2, -0.15) is 4.31 Å². The molecule has 0 bridgehead atoms. The Labute approximate surface area is 183 Å². The zero-order chi connectivity index (χ0) is 23.9. The number of methoxy groups -OCH3 is 1. The molecule has 2 aromatic carbocycles. The number of esters is 1. The summed E-state index contributed by atoms with van der Waals surface area (Å²) in [4.78, 5) is 23.3. The zero-order valence-corrected chi connectivity index (χ0v) is 18.0. The molecule has 12 heteroatoms. The molecule has 32 heavy (non-hydrogen) atoms. The van der Waals surface area contributed by atoms with Gasteiger partial charge in [-0.1, -0.05) is 6.92 Å². The Morgan fingerprint density at radius 2 is 1.69 bits per heavy atom. The van der Waals surface area contributed by atoms with Crippen LogP contribution >= 0.6 is 0 Å². The molecular weight excluding hydrogens is 453 g/mol. The molecule has 0 aliphatic heterocycles. The molecule has 0 spiro atoms. The average molecular weight is 474 g/mol. The van der Waals surface area contributed by atoms with Crippen LogP contribution in [0.2, 0.25) is 0 Å². The van der Waals surface area contributed by atoms with E-state index < -0.39 is 51.6 Å². The normalized spacial score (nSPS) is 11.3. The number of rotatable bonds is 10. The minimum Gasteiger partial charge on any atom is -0.482 e. The van der Waals surface area contributed by atoms with Crippen LogP contribution in [-0.4, -0.2) is 51.4 Å². The highest BCUT2D eigenvalue weighted by Gasteiger charge is 2.27. The van der Waals surface area contributed by atoms with Gasteiger partial charge in [-0.15, -0.1) is 0 Å². The summed E-state index contributed by atoms with van der Waals surface area (Å²) in [5, 5.41) is 2.04. The fraction of sp³-hybridized carbons (Fsp3) is 0.300. The Balaban J connectivity index is 2.15. The first-order valence-corrected chi connectivity index (χ1v) is 10.8. The van der Waals surface area contributed by atoms with E-state index in [0.29, 0.717) is 12.5 Å². The lowest BCUT2D eigenvalue weighted by molar-refractivity contribution is -0.142. The summed E-state index contributed by atoms with van der Waals surface area (Å²) in [5.74, 6) is -6.09. The Morgan fingerprint density at radius 3 is 2.28 bits per heavy atom. The number of nitrogens with zero attached hydrogens (tertiary/aromatic N) is 1. The SMILES string of the molecule is CCCN(CC(=O)Nc1ccc(F)c(F)c1F)S(=O)(=O)c1ccc(OCC(=O)OC)cc1. The van der Waals surface area contributed by atoms with Crippen molar-refractivity contribution in [3.05, 3.63) is 53.8 Å². The summed E-state index contributed by atoms with van der Waals surface area (Å²) < 4.78 is 76.5. The van der Waals surface area contributed by atoms with Crippen molar-refractivity contribution in [2.24, 2.45) is 0 Å². The molecule has 2 aromatic rings. The van der Waals surface area contributed by atoms with Crippen LogP contribution in [0.1, 0.15) is 13.3 Å². The van der Waals surface area contributed by atoms with Gasteiger partial charge in [-0.25, -0.2) is 26.4 Å². The monoisotopic (exact) mass is 474 g/mol. The number of halogens is 3. The van der Waals surface area contributed by atoms with Gasteiger partial charge in [-0.3, -0.25) is 4.79 Å². The van der Waals surface area contributed by atoms with E-state index >= 15 is 0 Å². The van der Waals surface area contributed by atoms with E-state index in [2.05, 4.69) is 4.74 Å². The van der Waals surface area contributed by atoms with Crippen LogP contribution in [0.3, 0.4) is 0 Å². The van der Waals surface area contributed by atoms with Gasteiger partial charge in [0, 0.05) is 6.54 Å². The van der Waals surface area contributed by atoms with Crippen molar-refractivity contribution in [3.63, 3.8) is 0 Å². The molecule has 0 fully saturated rings. The fourth-order valence-corrected chi connectivity index (χ4v) is 4.05. The average Bonchev–Trinajstić information content (AvgIpc) is 2.77. The third kappa shape index (κ3) is 6.20. The Hall–Kier alpha value is -3.12. The summed E-state index contributed by atoms with van der Waals surface area (Å²) in [6.07, 6.45) is 0.367. The molecule has 0 unspecified atom stereocenters. The predicted octanol–water partition coefficient (Wildman–Crippen LogP) is 2.70. The lowest BCUT2D eigenvalue weighted by atomic mass is 10.2. The van der Waals surface area contributed by atoms with E-state index in [-0.39, 0.29) is 23.8 Å². The molecule has 0 atom stereocenters. The highest BCUT2D eigenvalue weighted by atomic mass is 32.2. The summed E-state index contributed by atoms with van der Waals surface area (Å²) in [5.41, 5.74) is -0.616. The minimum absolute atomic E-state index is 0.0311. The molecule has 0 saturated heterocycles. The molecule has 0 aromatic heterocycles. The number of sulfonamides is 1. The first-order chi connectivity index (χ1) is 15.1. The van der Waals surface area contributed by atoms with Crippen LogP contribution in [0.5, 0.6) is 5.75 Å². The summed E-state index contributed by atoms with van der Waals surface area (Å²) in [6, 6.07) is 6.60. The number of benzene rings is 2. The second-order valence-corrected chi connectivity index (χ2v) is 8.38. The highest BCUT2D eigenvalue weighted by molar-refractivity contribution is 7.89. The van der Waals surface area contributed by atoms with E-state index in [9.17, 15) is 31.2 Å². The molecule has 1 amide bonds. The van der Waals surface area contributed by atoms with Gasteiger partial charge < -0.3 is 14.8 Å². The van der Waals surface area contributed by atoms with Crippen LogP contribution in [0.4, 0.5) is 18.9 Å². The van der Waals surface area contributed by atoms with Crippen molar-refractivity contribution in [2.45, 2.75) is 18.2 Å². The molecule has 0 saturated carbocycles. The molecule has 0 radical (unpaired) electrons. The van der Waals surface area contributed by atoms with Crippen molar-refractivity contribution in [1.29, 1.82) is 0 Å². The Kier molecular flexibility index (Phi) is 8.61. The molecule has 2 rings (SSSR count). The molecule has 8 nitrogen and oxygen atoms in total. The summed E-state index contributed by atoms with van der Waals surface area (Å²) in [7, 11) is -2.94. The maximum atomic E-state index is 13.8. The molecule has 1 N–H and O–H groups in total. The third-order valence-electron chi connectivity index (χ3n) is 4.15. The topological polar surface area (TPSA) is 102 Å². The van der Waals surface area contributed by atoms with E-state index in [1.165, 1.54) is 31.4 Å². The van der Waals surface area contributed by atoms with Crippen LogP contribution in [0.25, 0.3) is 0 Å². The number of carbonyl (C=O) groups excluding carboxylic acids is 2. The molecule has 0 heterocycles. The fourth-order valence-electron chi connectivity index (χ4n) is 2.56. The maximum absolute atomic E-state index is 13.8. The smallest absolute Gasteiger partial charge is 0.343 e. The van der Waals surface area contributed by atoms with Gasteiger partial charge in [-0.05, 0) is 42.8 Å². The van der Waals surface area contributed by atoms with E-state index in [4.69, 9.17) is 4.74 Å². The quantitative estimate of drug-likeness (QED) is 0.420. The largest absolute Gasteiger partial charge is 0.482 e. The van der Waals surface area contributed by atoms with Gasteiger partial charge in [0.1, 0.15) is 5.75 Å². The first kappa shape index (κ1) is 25.1. The molecule has 0 aliphatic rings. The van der Waals surface area contributed by atoms with Gasteiger partial charge in [0.15, 0.2) is 24.1 Å². The highest BCUT2D eigenvalue weighted by Crippen LogP contribution is 2.22. The van der Waals surface area contributed by atoms with E-state index in [1.54, 1.807) is 6.92 Å². The Bertz CT molecular complexity index is 1080. The third-order valence-corrected chi connectivity index (χ3v) is 6.01. The Morgan fingerprint density at radius 1 is 1.03 bits per heavy atom. The molecular formula is C20H21F3N2O6S. The van der Waals surface area contributed by atoms with Gasteiger partial charge in [0.25, 0.3) is 0 Å². The van der Waals surface area contributed by atoms with Crippen molar-refractivity contribution in [1.82, 2.24) is 4.31 Å². The molecule has 174 valence electrons. The van der Waals surface area contributed by atoms with Crippen LogP contribution in [-0.2, 0) is 24.3 Å². The second-order valence-electron chi connectivity index (χ2n) is 6.45. The first-order valence-electron chi connectivity index (χ1n) is 9.33. The second kappa shape index (κ2) is 11.0. The van der Waals surface area contributed by atoms with Gasteiger partial charge in [0.05, 0.1) is 24.2 Å². The van der Waals surface area contributed by atoms with Crippen LogP contribution in [0.15, 0.2) is 41.3 Å². The number of ether oxygens (including phenoxy) is 2. The van der Waals surface area contributed by atoms with Crippen molar-refractivity contribution >= 4 is 27.6 Å². The summed E-state index contributed by atoms with van der Waals surface area (Å²) >= 11 is 0.